The zero-order valence-corrected chi connectivity index (χ0v) is 20.1. The number of rotatable bonds is 8. The average Bonchev–Trinajstić information content (AvgIpc) is 3.25. The van der Waals surface area contributed by atoms with Crippen LogP contribution in [0.25, 0.3) is 0 Å². The van der Waals surface area contributed by atoms with E-state index in [9.17, 15) is 17.6 Å². The Morgan fingerprint density at radius 3 is 2.59 bits per heavy atom. The van der Waals surface area contributed by atoms with E-state index in [1.807, 2.05) is 5.38 Å². The lowest BCUT2D eigenvalue weighted by Crippen LogP contribution is -2.27. The molecule has 1 aromatic heterocycles. The van der Waals surface area contributed by atoms with Crippen molar-refractivity contribution in [2.75, 3.05) is 26.5 Å². The Hall–Kier alpha value is -2.53. The van der Waals surface area contributed by atoms with E-state index in [0.29, 0.717) is 5.69 Å². The van der Waals surface area contributed by atoms with Gasteiger partial charge in [-0.05, 0) is 30.3 Å². The van der Waals surface area contributed by atoms with Gasteiger partial charge >= 0.3 is 0 Å². The van der Waals surface area contributed by atoms with Crippen LogP contribution in [-0.4, -0.2) is 49.7 Å². The molecule has 0 atom stereocenters. The van der Waals surface area contributed by atoms with Gasteiger partial charge in [0.05, 0.1) is 11.4 Å². The molecule has 0 saturated heterocycles. The molecular formula is C21H22ClFN4O3S2. The number of benzene rings is 2. The van der Waals surface area contributed by atoms with Gasteiger partial charge in [0.15, 0.2) is 0 Å². The van der Waals surface area contributed by atoms with Crippen molar-refractivity contribution in [1.82, 2.24) is 14.2 Å². The van der Waals surface area contributed by atoms with Gasteiger partial charge in [-0.25, -0.2) is 22.1 Å². The summed E-state index contributed by atoms with van der Waals surface area (Å²) >= 11 is 7.50. The van der Waals surface area contributed by atoms with Crippen LogP contribution in [-0.2, 0) is 23.1 Å². The van der Waals surface area contributed by atoms with Crippen LogP contribution in [0.5, 0.6) is 0 Å². The molecule has 3 rings (SSSR count). The first-order chi connectivity index (χ1) is 15.1. The standard InChI is InChI=1S/C21H22ClFN4O3S2/c1-26(2)32(29,30)16-10-14(21(28)27(3)13-20-24-7-8-31-20)9-15(11-16)25-12-17-18(22)5-4-6-19(17)23/h4-11,25H,12-13H2,1-3H3. The van der Waals surface area contributed by atoms with Crippen LogP contribution in [0, 0.1) is 5.82 Å². The Labute approximate surface area is 195 Å². The minimum atomic E-state index is -3.82. The van der Waals surface area contributed by atoms with Gasteiger partial charge in [-0.15, -0.1) is 11.3 Å². The lowest BCUT2D eigenvalue weighted by molar-refractivity contribution is 0.0784. The first kappa shape index (κ1) is 24.1. The van der Waals surface area contributed by atoms with E-state index in [0.717, 1.165) is 9.31 Å². The number of nitrogens with one attached hydrogen (secondary N) is 1. The summed E-state index contributed by atoms with van der Waals surface area (Å²) < 4.78 is 40.7. The van der Waals surface area contributed by atoms with Gasteiger partial charge in [0, 0.05) is 61.1 Å². The lowest BCUT2D eigenvalue weighted by atomic mass is 10.1. The highest BCUT2D eigenvalue weighted by atomic mass is 35.5. The minimum absolute atomic E-state index is 0.0134. The molecule has 0 radical (unpaired) electrons. The largest absolute Gasteiger partial charge is 0.381 e. The number of carbonyl (C=O) groups is 1. The summed E-state index contributed by atoms with van der Waals surface area (Å²) in [5.74, 6) is -0.857. The Bertz CT molecular complexity index is 1200. The molecule has 0 unspecified atom stereocenters. The maximum atomic E-state index is 14.1. The summed E-state index contributed by atoms with van der Waals surface area (Å²) in [7, 11) is 0.611. The van der Waals surface area contributed by atoms with Crippen molar-refractivity contribution in [3.05, 3.63) is 74.9 Å². The second kappa shape index (κ2) is 9.95. The van der Waals surface area contributed by atoms with Crippen molar-refractivity contribution in [1.29, 1.82) is 0 Å². The van der Waals surface area contributed by atoms with Gasteiger partial charge in [-0.1, -0.05) is 17.7 Å². The summed E-state index contributed by atoms with van der Waals surface area (Å²) in [5.41, 5.74) is 0.760. The molecule has 2 aromatic carbocycles. The first-order valence-corrected chi connectivity index (χ1v) is 12.2. The first-order valence-electron chi connectivity index (χ1n) is 9.48. The number of carbonyl (C=O) groups excluding carboxylic acids is 1. The van der Waals surface area contributed by atoms with E-state index in [2.05, 4.69) is 10.3 Å². The van der Waals surface area contributed by atoms with Gasteiger partial charge in [0.1, 0.15) is 10.8 Å². The summed E-state index contributed by atoms with van der Waals surface area (Å²) in [4.78, 5) is 18.6. The fraction of sp³-hybridized carbons (Fsp3) is 0.238. The van der Waals surface area contributed by atoms with E-state index in [1.165, 1.54) is 60.7 Å². The number of sulfonamides is 1. The molecule has 7 nitrogen and oxygen atoms in total. The molecule has 1 amide bonds. The highest BCUT2D eigenvalue weighted by Gasteiger charge is 2.22. The summed E-state index contributed by atoms with van der Waals surface area (Å²) in [6.07, 6.45) is 1.65. The molecular weight excluding hydrogens is 475 g/mol. The van der Waals surface area contributed by atoms with Crippen LogP contribution in [0.15, 0.2) is 52.9 Å². The normalized spacial score (nSPS) is 11.6. The number of thiazole rings is 1. The highest BCUT2D eigenvalue weighted by Crippen LogP contribution is 2.25. The van der Waals surface area contributed by atoms with Crippen molar-refractivity contribution >= 4 is 44.6 Å². The van der Waals surface area contributed by atoms with Crippen LogP contribution in [0.4, 0.5) is 10.1 Å². The molecule has 1 N–H and O–H groups in total. The number of halogens is 2. The molecule has 0 aliphatic carbocycles. The van der Waals surface area contributed by atoms with E-state index >= 15 is 0 Å². The van der Waals surface area contributed by atoms with Gasteiger partial charge in [0.2, 0.25) is 10.0 Å². The zero-order valence-electron chi connectivity index (χ0n) is 17.7. The van der Waals surface area contributed by atoms with Crippen molar-refractivity contribution in [2.24, 2.45) is 0 Å². The average molecular weight is 497 g/mol. The zero-order chi connectivity index (χ0) is 23.5. The maximum Gasteiger partial charge on any atom is 0.254 e. The molecule has 1 heterocycles. The van der Waals surface area contributed by atoms with Crippen molar-refractivity contribution in [3.63, 3.8) is 0 Å². The van der Waals surface area contributed by atoms with E-state index in [1.54, 1.807) is 19.3 Å². The summed E-state index contributed by atoms with van der Waals surface area (Å²) in [6, 6.07) is 8.62. The monoisotopic (exact) mass is 496 g/mol. The number of amides is 1. The third kappa shape index (κ3) is 5.44. The van der Waals surface area contributed by atoms with Gasteiger partial charge in [-0.2, -0.15) is 0 Å². The topological polar surface area (TPSA) is 82.6 Å². The van der Waals surface area contributed by atoms with Crippen molar-refractivity contribution in [2.45, 2.75) is 18.0 Å². The van der Waals surface area contributed by atoms with Gasteiger partial charge in [0.25, 0.3) is 5.91 Å². The number of hydrogen-bond acceptors (Lipinski definition) is 6. The molecule has 0 fully saturated rings. The minimum Gasteiger partial charge on any atom is -0.381 e. The Balaban J connectivity index is 1.95. The van der Waals surface area contributed by atoms with Crippen LogP contribution in [0.1, 0.15) is 20.9 Å². The molecule has 170 valence electrons. The Morgan fingerprint density at radius 2 is 1.97 bits per heavy atom. The van der Waals surface area contributed by atoms with Crippen LogP contribution >= 0.6 is 22.9 Å². The van der Waals surface area contributed by atoms with Crippen LogP contribution < -0.4 is 5.32 Å². The van der Waals surface area contributed by atoms with Crippen LogP contribution in [0.3, 0.4) is 0 Å². The van der Waals surface area contributed by atoms with E-state index < -0.39 is 15.8 Å². The molecule has 0 aliphatic heterocycles. The second-order valence-electron chi connectivity index (χ2n) is 7.17. The van der Waals surface area contributed by atoms with Crippen molar-refractivity contribution < 1.29 is 17.6 Å². The number of aromatic nitrogens is 1. The van der Waals surface area contributed by atoms with E-state index in [4.69, 9.17) is 11.6 Å². The second-order valence-corrected chi connectivity index (χ2v) is 10.7. The summed E-state index contributed by atoms with van der Waals surface area (Å²) in [5, 5.41) is 5.80. The Kier molecular flexibility index (Phi) is 7.50. The number of hydrogen-bond donors (Lipinski definition) is 1. The third-order valence-corrected chi connectivity index (χ3v) is 7.58. The quantitative estimate of drug-likeness (QED) is 0.508. The predicted octanol–water partition coefficient (Wildman–Crippen LogP) is 4.07. The van der Waals surface area contributed by atoms with Crippen molar-refractivity contribution in [3.8, 4) is 0 Å². The molecule has 11 heteroatoms. The van der Waals surface area contributed by atoms with Gasteiger partial charge in [-0.3, -0.25) is 4.79 Å². The molecule has 0 aliphatic rings. The van der Waals surface area contributed by atoms with Gasteiger partial charge < -0.3 is 10.2 Å². The predicted molar refractivity (Wildman–Crippen MR) is 124 cm³/mol. The molecule has 3 aromatic rings. The SMILES string of the molecule is CN(Cc1nccs1)C(=O)c1cc(NCc2c(F)cccc2Cl)cc(S(=O)(=O)N(C)C)c1. The summed E-state index contributed by atoms with van der Waals surface area (Å²) in [6.45, 7) is 0.300. The Morgan fingerprint density at radius 1 is 1.22 bits per heavy atom. The number of nitrogens with zero attached hydrogens (tertiary/aromatic N) is 3. The fourth-order valence-corrected chi connectivity index (χ4v) is 4.77. The molecule has 0 saturated carbocycles. The smallest absolute Gasteiger partial charge is 0.254 e. The maximum absolute atomic E-state index is 14.1. The molecule has 32 heavy (non-hydrogen) atoms. The highest BCUT2D eigenvalue weighted by molar-refractivity contribution is 7.89. The van der Waals surface area contributed by atoms with E-state index in [-0.39, 0.29) is 40.0 Å². The fourth-order valence-electron chi connectivity index (χ4n) is 2.90. The van der Waals surface area contributed by atoms with Crippen LogP contribution in [0.2, 0.25) is 5.02 Å². The third-order valence-electron chi connectivity index (χ3n) is 4.67. The molecule has 0 bridgehead atoms. The lowest BCUT2D eigenvalue weighted by Gasteiger charge is -2.19. The molecule has 0 spiro atoms. The number of anilines is 1.